The lowest BCUT2D eigenvalue weighted by molar-refractivity contribution is -0.385. The van der Waals surface area contributed by atoms with Crippen molar-refractivity contribution in [2.24, 2.45) is 5.92 Å². The van der Waals surface area contributed by atoms with Crippen molar-refractivity contribution in [3.8, 4) is 0 Å². The fourth-order valence-electron chi connectivity index (χ4n) is 2.90. The fraction of sp³-hybridized carbons (Fsp3) is 0.300. The third-order valence-corrected chi connectivity index (χ3v) is 5.20. The molecule has 0 bridgehead atoms. The predicted octanol–water partition coefficient (Wildman–Crippen LogP) is 4.88. The van der Waals surface area contributed by atoms with E-state index in [1.165, 1.54) is 17.8 Å². The second kappa shape index (κ2) is 7.92. The number of thioether (sulfide) groups is 1. The molecular formula is C20H21N3O3S. The molecule has 27 heavy (non-hydrogen) atoms. The van der Waals surface area contributed by atoms with Crippen molar-refractivity contribution in [2.75, 3.05) is 5.75 Å². The number of carbonyl (C=O) groups is 1. The molecule has 0 fully saturated rings. The highest BCUT2D eigenvalue weighted by atomic mass is 32.2. The molecular weight excluding hydrogens is 362 g/mol. The van der Waals surface area contributed by atoms with E-state index < -0.39 is 4.92 Å². The standard InChI is InChI=1S/C20H21N3O3S/c1-13(2)11-22-17-7-5-4-6-16(17)21-20(22)27-12-19(24)15-9-8-14(3)18(10-15)23(25)26/h4-10,13H,11-12H2,1-3H3. The van der Waals surface area contributed by atoms with Crippen molar-refractivity contribution in [1.82, 2.24) is 9.55 Å². The van der Waals surface area contributed by atoms with Crippen LogP contribution in [0.3, 0.4) is 0 Å². The number of imidazole rings is 1. The molecule has 7 heteroatoms. The summed E-state index contributed by atoms with van der Waals surface area (Å²) >= 11 is 1.37. The van der Waals surface area contributed by atoms with Crippen molar-refractivity contribution in [1.29, 1.82) is 0 Å². The molecule has 0 aliphatic rings. The molecule has 1 aromatic heterocycles. The van der Waals surface area contributed by atoms with Gasteiger partial charge in [-0.05, 0) is 25.0 Å². The number of benzene rings is 2. The van der Waals surface area contributed by atoms with Gasteiger partial charge in [-0.3, -0.25) is 14.9 Å². The number of aryl methyl sites for hydroxylation is 1. The Morgan fingerprint density at radius 2 is 2.00 bits per heavy atom. The average Bonchev–Trinajstić information content (AvgIpc) is 2.97. The van der Waals surface area contributed by atoms with E-state index in [2.05, 4.69) is 23.4 Å². The molecule has 0 saturated carbocycles. The Labute approximate surface area is 161 Å². The summed E-state index contributed by atoms with van der Waals surface area (Å²) in [5.74, 6) is 0.477. The van der Waals surface area contributed by atoms with Crippen molar-refractivity contribution in [3.05, 3.63) is 63.7 Å². The molecule has 0 amide bonds. The lowest BCUT2D eigenvalue weighted by Crippen LogP contribution is -2.08. The second-order valence-electron chi connectivity index (χ2n) is 6.86. The van der Waals surface area contributed by atoms with Crippen LogP contribution in [0.2, 0.25) is 0 Å². The minimum atomic E-state index is -0.457. The van der Waals surface area contributed by atoms with E-state index in [0.717, 1.165) is 22.7 Å². The van der Waals surface area contributed by atoms with Gasteiger partial charge in [-0.1, -0.05) is 49.9 Å². The highest BCUT2D eigenvalue weighted by molar-refractivity contribution is 7.99. The van der Waals surface area contributed by atoms with Gasteiger partial charge in [-0.25, -0.2) is 4.98 Å². The maximum Gasteiger partial charge on any atom is 0.273 e. The number of ketones is 1. The first-order chi connectivity index (χ1) is 12.9. The Balaban J connectivity index is 1.83. The first-order valence-corrected chi connectivity index (χ1v) is 9.71. The monoisotopic (exact) mass is 383 g/mol. The summed E-state index contributed by atoms with van der Waals surface area (Å²) in [6, 6.07) is 12.5. The number of rotatable bonds is 7. The van der Waals surface area contributed by atoms with Crippen LogP contribution in [-0.4, -0.2) is 26.0 Å². The van der Waals surface area contributed by atoms with Gasteiger partial charge in [-0.2, -0.15) is 0 Å². The topological polar surface area (TPSA) is 78.0 Å². The lowest BCUT2D eigenvalue weighted by atomic mass is 10.1. The van der Waals surface area contributed by atoms with Crippen LogP contribution in [0.15, 0.2) is 47.6 Å². The molecule has 1 heterocycles. The minimum Gasteiger partial charge on any atom is -0.319 e. The Bertz CT molecular complexity index is 1010. The van der Waals surface area contributed by atoms with Crippen molar-refractivity contribution in [3.63, 3.8) is 0 Å². The molecule has 0 aliphatic carbocycles. The van der Waals surface area contributed by atoms with E-state index in [4.69, 9.17) is 0 Å². The molecule has 0 atom stereocenters. The SMILES string of the molecule is Cc1ccc(C(=O)CSc2nc3ccccc3n2CC(C)C)cc1[N+](=O)[O-]. The number of nitrogens with zero attached hydrogens (tertiary/aromatic N) is 3. The zero-order valence-corrected chi connectivity index (χ0v) is 16.3. The summed E-state index contributed by atoms with van der Waals surface area (Å²) < 4.78 is 2.13. The zero-order chi connectivity index (χ0) is 19.6. The molecule has 2 aromatic carbocycles. The van der Waals surface area contributed by atoms with Crippen LogP contribution in [0.1, 0.15) is 29.8 Å². The number of hydrogen-bond acceptors (Lipinski definition) is 5. The number of aromatic nitrogens is 2. The first kappa shape index (κ1) is 19.1. The van der Waals surface area contributed by atoms with Crippen LogP contribution in [-0.2, 0) is 6.54 Å². The fourth-order valence-corrected chi connectivity index (χ4v) is 3.82. The van der Waals surface area contributed by atoms with Crippen LogP contribution in [0, 0.1) is 23.0 Å². The Hall–Kier alpha value is -2.67. The highest BCUT2D eigenvalue weighted by Gasteiger charge is 2.17. The summed E-state index contributed by atoms with van der Waals surface area (Å²) in [5, 5.41) is 11.9. The smallest absolute Gasteiger partial charge is 0.273 e. The van der Waals surface area contributed by atoms with Crippen molar-refractivity contribution < 1.29 is 9.72 Å². The van der Waals surface area contributed by atoms with Gasteiger partial charge in [-0.15, -0.1) is 0 Å². The van der Waals surface area contributed by atoms with Crippen molar-refractivity contribution >= 4 is 34.3 Å². The molecule has 0 unspecified atom stereocenters. The normalized spacial score (nSPS) is 11.3. The van der Waals surface area contributed by atoms with E-state index in [-0.39, 0.29) is 17.2 Å². The third kappa shape index (κ3) is 4.19. The minimum absolute atomic E-state index is 0.0297. The Morgan fingerprint density at radius 1 is 1.26 bits per heavy atom. The van der Waals surface area contributed by atoms with Crippen LogP contribution < -0.4 is 0 Å². The third-order valence-electron chi connectivity index (χ3n) is 4.23. The van der Waals surface area contributed by atoms with Gasteiger partial charge in [0.25, 0.3) is 5.69 Å². The molecule has 6 nitrogen and oxygen atoms in total. The first-order valence-electron chi connectivity index (χ1n) is 8.73. The van der Waals surface area contributed by atoms with Gasteiger partial charge in [0, 0.05) is 23.7 Å². The van der Waals surface area contributed by atoms with Gasteiger partial charge in [0.1, 0.15) is 0 Å². The van der Waals surface area contributed by atoms with Gasteiger partial charge in [0.15, 0.2) is 10.9 Å². The molecule has 0 radical (unpaired) electrons. The summed E-state index contributed by atoms with van der Waals surface area (Å²) in [5.41, 5.74) is 2.82. The molecule has 140 valence electrons. The highest BCUT2D eigenvalue weighted by Crippen LogP contribution is 2.27. The lowest BCUT2D eigenvalue weighted by Gasteiger charge is -2.11. The molecule has 0 spiro atoms. The van der Waals surface area contributed by atoms with Crippen molar-refractivity contribution in [2.45, 2.75) is 32.5 Å². The van der Waals surface area contributed by atoms with Crippen LogP contribution in [0.4, 0.5) is 5.69 Å². The predicted molar refractivity (Wildman–Crippen MR) is 107 cm³/mol. The molecule has 0 saturated heterocycles. The van der Waals surface area contributed by atoms with Gasteiger partial charge >= 0.3 is 0 Å². The van der Waals surface area contributed by atoms with E-state index >= 15 is 0 Å². The maximum atomic E-state index is 12.6. The number of para-hydroxylation sites is 2. The molecule has 3 rings (SSSR count). The number of carbonyl (C=O) groups excluding carboxylic acids is 1. The van der Waals surface area contributed by atoms with Gasteiger partial charge in [0.05, 0.1) is 21.7 Å². The number of fused-ring (bicyclic) bond motifs is 1. The van der Waals surface area contributed by atoms with E-state index in [1.54, 1.807) is 19.1 Å². The number of nitro groups is 1. The Morgan fingerprint density at radius 3 is 2.70 bits per heavy atom. The summed E-state index contributed by atoms with van der Waals surface area (Å²) in [6.45, 7) is 6.75. The quantitative estimate of drug-likeness (QED) is 0.251. The Kier molecular flexibility index (Phi) is 5.60. The summed E-state index contributed by atoms with van der Waals surface area (Å²) in [6.07, 6.45) is 0. The van der Waals surface area contributed by atoms with E-state index in [9.17, 15) is 14.9 Å². The number of nitro benzene ring substituents is 1. The van der Waals surface area contributed by atoms with Crippen LogP contribution in [0.25, 0.3) is 11.0 Å². The number of Topliss-reactive ketones (excluding diaryl/α,β-unsaturated/α-hetero) is 1. The maximum absolute atomic E-state index is 12.6. The van der Waals surface area contributed by atoms with E-state index in [0.29, 0.717) is 17.0 Å². The van der Waals surface area contributed by atoms with E-state index in [1.807, 2.05) is 24.3 Å². The number of hydrogen-bond donors (Lipinski definition) is 0. The summed E-state index contributed by atoms with van der Waals surface area (Å²) in [7, 11) is 0. The average molecular weight is 383 g/mol. The molecule has 0 aliphatic heterocycles. The van der Waals surface area contributed by atoms with Crippen LogP contribution >= 0.6 is 11.8 Å². The summed E-state index contributed by atoms with van der Waals surface area (Å²) in [4.78, 5) is 27.9. The molecule has 3 aromatic rings. The second-order valence-corrected chi connectivity index (χ2v) is 7.80. The largest absolute Gasteiger partial charge is 0.319 e. The van der Waals surface area contributed by atoms with Gasteiger partial charge in [0.2, 0.25) is 0 Å². The molecule has 0 N–H and O–H groups in total. The zero-order valence-electron chi connectivity index (χ0n) is 15.5. The van der Waals surface area contributed by atoms with Gasteiger partial charge < -0.3 is 4.57 Å². The van der Waals surface area contributed by atoms with Crippen LogP contribution in [0.5, 0.6) is 0 Å².